The average Bonchev–Trinajstić information content (AvgIpc) is 2.78. The van der Waals surface area contributed by atoms with Crippen LogP contribution in [0.15, 0.2) is 18.2 Å². The lowest BCUT2D eigenvalue weighted by Crippen LogP contribution is -2.29. The number of aliphatic hydroxyl groups excluding tert-OH is 1. The molecule has 0 aliphatic carbocycles. The third kappa shape index (κ3) is 1.90. The van der Waals surface area contributed by atoms with Gasteiger partial charge in [0, 0.05) is 6.61 Å². The molecule has 1 aliphatic heterocycles. The lowest BCUT2D eigenvalue weighted by molar-refractivity contribution is 0.0450. The van der Waals surface area contributed by atoms with Gasteiger partial charge < -0.3 is 9.84 Å². The highest BCUT2D eigenvalue weighted by Crippen LogP contribution is 2.42. The normalized spacial score (nSPS) is 25.5. The summed E-state index contributed by atoms with van der Waals surface area (Å²) in [5.74, 6) is -1.70. The number of hydrogen-bond donors (Lipinski definition) is 1. The van der Waals surface area contributed by atoms with Crippen molar-refractivity contribution in [3.63, 3.8) is 0 Å². The smallest absolute Gasteiger partial charge is 0.132 e. The highest BCUT2D eigenvalue weighted by atomic mass is 19.1. The molecule has 90 valence electrons. The Morgan fingerprint density at radius 3 is 2.53 bits per heavy atom. The number of hydrogen-bond acceptors (Lipinski definition) is 3. The predicted octanol–water partition coefficient (Wildman–Crippen LogP) is 1.93. The molecule has 0 spiro atoms. The maximum atomic E-state index is 13.5. The zero-order valence-electron chi connectivity index (χ0n) is 8.99. The number of ether oxygens (including phenoxy) is 1. The minimum Gasteiger partial charge on any atom is -0.386 e. The van der Waals surface area contributed by atoms with Gasteiger partial charge in [0.25, 0.3) is 0 Å². The van der Waals surface area contributed by atoms with E-state index < -0.39 is 28.7 Å². The summed E-state index contributed by atoms with van der Waals surface area (Å²) < 4.78 is 32.1. The van der Waals surface area contributed by atoms with Crippen LogP contribution in [0.1, 0.15) is 18.1 Å². The highest BCUT2D eigenvalue weighted by molar-refractivity contribution is 5.27. The number of nitriles is 1. The van der Waals surface area contributed by atoms with Crippen LogP contribution in [0.3, 0.4) is 0 Å². The second-order valence-electron chi connectivity index (χ2n) is 4.11. The first-order valence-electron chi connectivity index (χ1n) is 5.22. The second-order valence-corrected chi connectivity index (χ2v) is 4.11. The van der Waals surface area contributed by atoms with Crippen LogP contribution >= 0.6 is 0 Å². The van der Waals surface area contributed by atoms with Crippen molar-refractivity contribution in [3.05, 3.63) is 35.4 Å². The van der Waals surface area contributed by atoms with Crippen LogP contribution in [-0.4, -0.2) is 18.3 Å². The zero-order chi connectivity index (χ0) is 12.5. The number of rotatable bonds is 2. The van der Waals surface area contributed by atoms with Crippen molar-refractivity contribution in [1.82, 2.24) is 0 Å². The highest BCUT2D eigenvalue weighted by Gasteiger charge is 2.45. The molecule has 0 aromatic heterocycles. The largest absolute Gasteiger partial charge is 0.386 e. The molecule has 1 aromatic carbocycles. The summed E-state index contributed by atoms with van der Waals surface area (Å²) in [4.78, 5) is 0. The van der Waals surface area contributed by atoms with E-state index in [0.29, 0.717) is 6.61 Å². The Labute approximate surface area is 97.2 Å². The van der Waals surface area contributed by atoms with Gasteiger partial charge in [0.2, 0.25) is 0 Å². The van der Waals surface area contributed by atoms with Crippen LogP contribution in [-0.2, 0) is 4.74 Å². The molecule has 2 unspecified atom stereocenters. The molecule has 1 heterocycles. The van der Waals surface area contributed by atoms with E-state index in [4.69, 9.17) is 10.00 Å². The molecule has 0 radical (unpaired) electrons. The molecular formula is C12H11F2NO2. The minimum absolute atomic E-state index is 0.0154. The van der Waals surface area contributed by atoms with Crippen LogP contribution in [0.25, 0.3) is 0 Å². The van der Waals surface area contributed by atoms with Gasteiger partial charge in [-0.3, -0.25) is 0 Å². The van der Waals surface area contributed by atoms with E-state index in [1.165, 1.54) is 6.07 Å². The van der Waals surface area contributed by atoms with E-state index in [2.05, 4.69) is 0 Å². The number of benzene rings is 1. The lowest BCUT2D eigenvalue weighted by atomic mass is 9.79. The number of aliphatic hydroxyl groups is 1. The summed E-state index contributed by atoms with van der Waals surface area (Å²) in [5, 5.41) is 19.1. The van der Waals surface area contributed by atoms with Gasteiger partial charge in [0.05, 0.1) is 18.2 Å². The Bertz CT molecular complexity index is 444. The van der Waals surface area contributed by atoms with E-state index in [1.54, 1.807) is 0 Å². The summed E-state index contributed by atoms with van der Waals surface area (Å²) in [6.07, 6.45) is -1.26. The Kier molecular flexibility index (Phi) is 3.09. The number of nitrogens with zero attached hydrogens (tertiary/aromatic N) is 1. The first kappa shape index (κ1) is 12.0. The SMILES string of the molecule is N#CC1(C(O)c2c(F)cccc2F)CCOC1. The molecular weight excluding hydrogens is 228 g/mol. The second kappa shape index (κ2) is 4.40. The van der Waals surface area contributed by atoms with Crippen molar-refractivity contribution >= 4 is 0 Å². The molecule has 0 amide bonds. The zero-order valence-corrected chi connectivity index (χ0v) is 8.99. The van der Waals surface area contributed by atoms with E-state index >= 15 is 0 Å². The van der Waals surface area contributed by atoms with Crippen molar-refractivity contribution in [2.75, 3.05) is 13.2 Å². The van der Waals surface area contributed by atoms with Crippen LogP contribution in [0.2, 0.25) is 0 Å². The standard InChI is InChI=1S/C12H11F2NO2/c13-8-2-1-3-9(14)10(8)11(16)12(6-15)4-5-17-7-12/h1-3,11,16H,4-5,7H2. The summed E-state index contributed by atoms with van der Waals surface area (Å²) >= 11 is 0. The third-order valence-corrected chi connectivity index (χ3v) is 3.07. The Morgan fingerprint density at radius 2 is 2.06 bits per heavy atom. The first-order valence-corrected chi connectivity index (χ1v) is 5.22. The van der Waals surface area contributed by atoms with Crippen LogP contribution in [0.4, 0.5) is 8.78 Å². The predicted molar refractivity (Wildman–Crippen MR) is 54.8 cm³/mol. The molecule has 1 aliphatic rings. The van der Waals surface area contributed by atoms with Gasteiger partial charge in [0.15, 0.2) is 0 Å². The molecule has 1 aromatic rings. The van der Waals surface area contributed by atoms with Crippen LogP contribution < -0.4 is 0 Å². The van der Waals surface area contributed by atoms with Crippen LogP contribution in [0.5, 0.6) is 0 Å². The molecule has 3 nitrogen and oxygen atoms in total. The van der Waals surface area contributed by atoms with Crippen molar-refractivity contribution in [2.45, 2.75) is 12.5 Å². The van der Waals surface area contributed by atoms with Gasteiger partial charge in [-0.05, 0) is 18.6 Å². The maximum Gasteiger partial charge on any atom is 0.132 e. The summed E-state index contributed by atoms with van der Waals surface area (Å²) in [5.41, 5.74) is -1.72. The summed E-state index contributed by atoms with van der Waals surface area (Å²) in [6, 6.07) is 5.25. The van der Waals surface area contributed by atoms with Crippen molar-refractivity contribution < 1.29 is 18.6 Å². The fourth-order valence-electron chi connectivity index (χ4n) is 1.99. The van der Waals surface area contributed by atoms with E-state index in [9.17, 15) is 13.9 Å². The van der Waals surface area contributed by atoms with E-state index in [1.807, 2.05) is 6.07 Å². The lowest BCUT2D eigenvalue weighted by Gasteiger charge is -2.26. The van der Waals surface area contributed by atoms with E-state index in [-0.39, 0.29) is 13.0 Å². The molecule has 5 heteroatoms. The van der Waals surface area contributed by atoms with Crippen molar-refractivity contribution in [2.24, 2.45) is 5.41 Å². The molecule has 0 bridgehead atoms. The fraction of sp³-hybridized carbons (Fsp3) is 0.417. The van der Waals surface area contributed by atoms with Gasteiger partial charge in [-0.1, -0.05) is 6.07 Å². The molecule has 1 fully saturated rings. The van der Waals surface area contributed by atoms with Gasteiger partial charge in [-0.15, -0.1) is 0 Å². The Balaban J connectivity index is 2.43. The molecule has 0 saturated carbocycles. The Hall–Kier alpha value is -1.51. The molecule has 1 N–H and O–H groups in total. The van der Waals surface area contributed by atoms with Crippen molar-refractivity contribution in [1.29, 1.82) is 5.26 Å². The minimum atomic E-state index is -1.52. The van der Waals surface area contributed by atoms with Crippen molar-refractivity contribution in [3.8, 4) is 6.07 Å². The maximum absolute atomic E-state index is 13.5. The first-order chi connectivity index (χ1) is 8.10. The average molecular weight is 239 g/mol. The summed E-state index contributed by atoms with van der Waals surface area (Å²) in [7, 11) is 0. The van der Waals surface area contributed by atoms with Gasteiger partial charge in [-0.2, -0.15) is 5.26 Å². The van der Waals surface area contributed by atoms with Gasteiger partial charge in [-0.25, -0.2) is 8.78 Å². The fourth-order valence-corrected chi connectivity index (χ4v) is 1.99. The number of halogens is 2. The third-order valence-electron chi connectivity index (χ3n) is 3.07. The molecule has 17 heavy (non-hydrogen) atoms. The molecule has 2 atom stereocenters. The van der Waals surface area contributed by atoms with E-state index in [0.717, 1.165) is 12.1 Å². The molecule has 2 rings (SSSR count). The summed E-state index contributed by atoms with van der Waals surface area (Å²) in [6.45, 7) is 0.291. The van der Waals surface area contributed by atoms with Gasteiger partial charge in [0.1, 0.15) is 23.2 Å². The Morgan fingerprint density at radius 1 is 1.41 bits per heavy atom. The monoisotopic (exact) mass is 239 g/mol. The van der Waals surface area contributed by atoms with Gasteiger partial charge >= 0.3 is 0 Å². The van der Waals surface area contributed by atoms with Crippen LogP contribution in [0, 0.1) is 28.4 Å². The molecule has 1 saturated heterocycles. The quantitative estimate of drug-likeness (QED) is 0.857. The topological polar surface area (TPSA) is 53.2 Å².